The lowest BCUT2D eigenvalue weighted by Gasteiger charge is -2.21. The van der Waals surface area contributed by atoms with Crippen LogP contribution < -0.4 is 10.6 Å². The fourth-order valence-corrected chi connectivity index (χ4v) is 3.52. The molecule has 3 N–H and O–H groups in total. The van der Waals surface area contributed by atoms with Gasteiger partial charge in [-0.3, -0.25) is 14.4 Å². The van der Waals surface area contributed by atoms with E-state index in [1.165, 1.54) is 11.8 Å². The van der Waals surface area contributed by atoms with E-state index in [9.17, 15) is 14.4 Å². The van der Waals surface area contributed by atoms with Gasteiger partial charge >= 0.3 is 5.97 Å². The van der Waals surface area contributed by atoms with Gasteiger partial charge in [0, 0.05) is 23.4 Å². The Labute approximate surface area is 151 Å². The number of thioether (sulfide) groups is 1. The predicted molar refractivity (Wildman–Crippen MR) is 98.1 cm³/mol. The Morgan fingerprint density at radius 3 is 2.68 bits per heavy atom. The third kappa shape index (κ3) is 6.08. The zero-order valence-corrected chi connectivity index (χ0v) is 15.2. The Bertz CT molecular complexity index is 648. The highest BCUT2D eigenvalue weighted by Crippen LogP contribution is 2.35. The first-order chi connectivity index (χ1) is 12.0. The van der Waals surface area contributed by atoms with Gasteiger partial charge in [-0.05, 0) is 38.0 Å². The third-order valence-corrected chi connectivity index (χ3v) is 5.20. The van der Waals surface area contributed by atoms with E-state index in [4.69, 9.17) is 5.11 Å². The molecule has 0 fully saturated rings. The molecule has 136 valence electrons. The molecular weight excluding hydrogens is 340 g/mol. The monoisotopic (exact) mass is 364 g/mol. The van der Waals surface area contributed by atoms with E-state index in [0.29, 0.717) is 24.2 Å². The van der Waals surface area contributed by atoms with Crippen LogP contribution in [0.1, 0.15) is 55.8 Å². The van der Waals surface area contributed by atoms with Crippen molar-refractivity contribution in [3.63, 3.8) is 0 Å². The highest BCUT2D eigenvalue weighted by molar-refractivity contribution is 8.00. The second kappa shape index (κ2) is 9.46. The Morgan fingerprint density at radius 1 is 1.20 bits per heavy atom. The van der Waals surface area contributed by atoms with Crippen LogP contribution in [-0.2, 0) is 9.59 Å². The minimum absolute atomic E-state index is 0.0436. The molecule has 1 unspecified atom stereocenters. The second-order valence-electron chi connectivity index (χ2n) is 6.13. The fraction of sp³-hybridized carbons (Fsp3) is 0.500. The Hall–Kier alpha value is -2.02. The average molecular weight is 364 g/mol. The van der Waals surface area contributed by atoms with Crippen LogP contribution in [0.15, 0.2) is 23.1 Å². The number of anilines is 1. The van der Waals surface area contributed by atoms with Crippen LogP contribution in [0.25, 0.3) is 0 Å². The van der Waals surface area contributed by atoms with E-state index >= 15 is 0 Å². The molecule has 0 radical (unpaired) electrons. The SMILES string of the molecule is CC1Sc2ccc(C(=O)NCCCCCCCC(=O)O)cc2NC1=O. The molecule has 0 aromatic heterocycles. The molecule has 7 heteroatoms. The molecule has 2 rings (SSSR count). The van der Waals surface area contributed by atoms with Crippen LogP contribution in [0, 0.1) is 0 Å². The molecule has 1 heterocycles. The van der Waals surface area contributed by atoms with E-state index in [1.54, 1.807) is 12.1 Å². The van der Waals surface area contributed by atoms with Gasteiger partial charge < -0.3 is 15.7 Å². The summed E-state index contributed by atoms with van der Waals surface area (Å²) in [5.41, 5.74) is 1.23. The zero-order valence-electron chi connectivity index (χ0n) is 14.3. The van der Waals surface area contributed by atoms with Gasteiger partial charge in [-0.1, -0.05) is 19.3 Å². The van der Waals surface area contributed by atoms with Gasteiger partial charge in [0.05, 0.1) is 10.9 Å². The van der Waals surface area contributed by atoms with Crippen LogP contribution in [0.2, 0.25) is 0 Å². The number of hydrogen-bond donors (Lipinski definition) is 3. The number of nitrogens with one attached hydrogen (secondary N) is 2. The summed E-state index contributed by atoms with van der Waals surface area (Å²) < 4.78 is 0. The quantitative estimate of drug-likeness (QED) is 0.585. The smallest absolute Gasteiger partial charge is 0.303 e. The van der Waals surface area contributed by atoms with Crippen LogP contribution in [0.4, 0.5) is 5.69 Å². The van der Waals surface area contributed by atoms with E-state index in [2.05, 4.69) is 10.6 Å². The summed E-state index contributed by atoms with van der Waals surface area (Å²) in [6.45, 7) is 2.44. The zero-order chi connectivity index (χ0) is 18.2. The number of aliphatic carboxylic acids is 1. The molecule has 2 amide bonds. The maximum absolute atomic E-state index is 12.2. The normalized spacial score (nSPS) is 16.0. The van der Waals surface area contributed by atoms with E-state index in [-0.39, 0.29) is 23.5 Å². The Kier molecular flexibility index (Phi) is 7.31. The summed E-state index contributed by atoms with van der Waals surface area (Å²) in [5, 5.41) is 14.1. The molecule has 1 aliphatic rings. The topological polar surface area (TPSA) is 95.5 Å². The summed E-state index contributed by atoms with van der Waals surface area (Å²) >= 11 is 1.49. The van der Waals surface area contributed by atoms with Crippen molar-refractivity contribution < 1.29 is 19.5 Å². The van der Waals surface area contributed by atoms with E-state index in [0.717, 1.165) is 30.6 Å². The molecule has 0 aliphatic carbocycles. The molecule has 6 nitrogen and oxygen atoms in total. The number of carboxylic acids is 1. The molecule has 0 spiro atoms. The molecule has 25 heavy (non-hydrogen) atoms. The van der Waals surface area contributed by atoms with Gasteiger partial charge in [0.1, 0.15) is 0 Å². The van der Waals surface area contributed by atoms with Crippen LogP contribution in [-0.4, -0.2) is 34.7 Å². The predicted octanol–water partition coefficient (Wildman–Crippen LogP) is 3.27. The molecule has 1 aromatic carbocycles. The highest BCUT2D eigenvalue weighted by Gasteiger charge is 2.23. The van der Waals surface area contributed by atoms with Gasteiger partial charge in [0.15, 0.2) is 0 Å². The Balaban J connectivity index is 1.70. The summed E-state index contributed by atoms with van der Waals surface area (Å²) in [5.74, 6) is -0.939. The number of amides is 2. The number of carbonyl (C=O) groups excluding carboxylic acids is 2. The van der Waals surface area contributed by atoms with E-state index in [1.807, 2.05) is 13.0 Å². The number of carboxylic acid groups (broad SMARTS) is 1. The van der Waals surface area contributed by atoms with Gasteiger partial charge in [-0.25, -0.2) is 0 Å². The van der Waals surface area contributed by atoms with Crippen molar-refractivity contribution in [3.05, 3.63) is 23.8 Å². The average Bonchev–Trinajstić information content (AvgIpc) is 2.57. The Morgan fingerprint density at radius 2 is 1.92 bits per heavy atom. The maximum Gasteiger partial charge on any atom is 0.303 e. The first kappa shape index (κ1) is 19.3. The number of carbonyl (C=O) groups is 3. The molecule has 1 aliphatic heterocycles. The van der Waals surface area contributed by atoms with Crippen LogP contribution in [0.5, 0.6) is 0 Å². The van der Waals surface area contributed by atoms with Crippen molar-refractivity contribution in [1.82, 2.24) is 5.32 Å². The lowest BCUT2D eigenvalue weighted by Crippen LogP contribution is -2.28. The maximum atomic E-state index is 12.2. The third-order valence-electron chi connectivity index (χ3n) is 4.03. The standard InChI is InChI=1S/C18H24N2O4S/c1-12-17(23)20-14-11-13(8-9-15(14)25-12)18(24)19-10-6-4-2-3-5-7-16(21)22/h8-9,11-12H,2-7,10H2,1H3,(H,19,24)(H,20,23)(H,21,22). The van der Waals surface area contributed by atoms with Crippen molar-refractivity contribution in [3.8, 4) is 0 Å². The number of fused-ring (bicyclic) bond motifs is 1. The molecule has 1 aromatic rings. The van der Waals surface area contributed by atoms with Gasteiger partial charge in [-0.2, -0.15) is 0 Å². The summed E-state index contributed by atoms with van der Waals surface area (Å²) in [6.07, 6.45) is 4.65. The van der Waals surface area contributed by atoms with Crippen molar-refractivity contribution in [2.45, 2.75) is 55.6 Å². The summed E-state index contributed by atoms with van der Waals surface area (Å²) in [6, 6.07) is 5.36. The minimum atomic E-state index is -0.749. The van der Waals surface area contributed by atoms with Crippen molar-refractivity contribution in [1.29, 1.82) is 0 Å². The molecular formula is C18H24N2O4S. The number of unbranched alkanes of at least 4 members (excludes halogenated alkanes) is 4. The fourth-order valence-electron chi connectivity index (χ4n) is 2.59. The van der Waals surface area contributed by atoms with Crippen LogP contribution in [0.3, 0.4) is 0 Å². The van der Waals surface area contributed by atoms with E-state index < -0.39 is 5.97 Å². The number of rotatable bonds is 9. The van der Waals surface area contributed by atoms with Gasteiger partial charge in [0.25, 0.3) is 5.91 Å². The first-order valence-electron chi connectivity index (χ1n) is 8.59. The van der Waals surface area contributed by atoms with Crippen molar-refractivity contribution >= 4 is 35.2 Å². The number of hydrogen-bond acceptors (Lipinski definition) is 4. The van der Waals surface area contributed by atoms with Crippen molar-refractivity contribution in [2.75, 3.05) is 11.9 Å². The second-order valence-corrected chi connectivity index (χ2v) is 7.51. The van der Waals surface area contributed by atoms with Crippen molar-refractivity contribution in [2.24, 2.45) is 0 Å². The molecule has 0 saturated carbocycles. The minimum Gasteiger partial charge on any atom is -0.481 e. The molecule has 0 bridgehead atoms. The highest BCUT2D eigenvalue weighted by atomic mass is 32.2. The lowest BCUT2D eigenvalue weighted by atomic mass is 10.1. The van der Waals surface area contributed by atoms with Gasteiger partial charge in [-0.15, -0.1) is 11.8 Å². The molecule has 1 atom stereocenters. The van der Waals surface area contributed by atoms with Gasteiger partial charge in [0.2, 0.25) is 5.91 Å². The largest absolute Gasteiger partial charge is 0.481 e. The lowest BCUT2D eigenvalue weighted by molar-refractivity contribution is -0.137. The molecule has 0 saturated heterocycles. The number of benzene rings is 1. The summed E-state index contributed by atoms with van der Waals surface area (Å²) in [4.78, 5) is 35.3. The summed E-state index contributed by atoms with van der Waals surface area (Å²) in [7, 11) is 0. The first-order valence-corrected chi connectivity index (χ1v) is 9.47. The van der Waals surface area contributed by atoms with Crippen LogP contribution >= 0.6 is 11.8 Å².